The number of aryl methyl sites for hydroxylation is 2. The van der Waals surface area contributed by atoms with Gasteiger partial charge in [0.05, 0.1) is 0 Å². The van der Waals surface area contributed by atoms with Crippen molar-refractivity contribution in [2.24, 2.45) is 0 Å². The smallest absolute Gasteiger partial charge is 0.261 e. The van der Waals surface area contributed by atoms with E-state index in [1.54, 1.807) is 4.90 Å². The first-order chi connectivity index (χ1) is 16.7. The molecule has 0 bridgehead atoms. The Balaban J connectivity index is 1.91. The van der Waals surface area contributed by atoms with E-state index >= 15 is 0 Å². The molecule has 184 valence electrons. The van der Waals surface area contributed by atoms with Crippen LogP contribution in [0, 0.1) is 13.8 Å². The van der Waals surface area contributed by atoms with Gasteiger partial charge in [-0.2, -0.15) is 0 Å². The molecule has 2 amide bonds. The van der Waals surface area contributed by atoms with Gasteiger partial charge < -0.3 is 15.0 Å². The van der Waals surface area contributed by atoms with Crippen LogP contribution in [0.1, 0.15) is 36.1 Å². The number of hydrogen-bond donors (Lipinski definition) is 1. The summed E-state index contributed by atoms with van der Waals surface area (Å²) < 4.78 is 6.88. The number of ether oxygens (including phenoxy) is 1. The maximum atomic E-state index is 13.6. The first-order valence-electron chi connectivity index (χ1n) is 11.8. The lowest BCUT2D eigenvalue weighted by atomic mass is 10.0. The molecule has 0 unspecified atom stereocenters. The summed E-state index contributed by atoms with van der Waals surface area (Å²) in [5.41, 5.74) is 4.02. The lowest BCUT2D eigenvalue weighted by Gasteiger charge is -2.32. The monoisotopic (exact) mass is 536 g/mol. The Morgan fingerprint density at radius 2 is 1.63 bits per heavy atom. The van der Waals surface area contributed by atoms with E-state index in [9.17, 15) is 9.59 Å². The number of nitrogens with one attached hydrogen (secondary N) is 1. The summed E-state index contributed by atoms with van der Waals surface area (Å²) in [5, 5.41) is 3.00. The molecule has 1 atom stereocenters. The van der Waals surface area contributed by atoms with Gasteiger partial charge >= 0.3 is 0 Å². The maximum Gasteiger partial charge on any atom is 0.261 e. The highest BCUT2D eigenvalue weighted by Gasteiger charge is 2.31. The summed E-state index contributed by atoms with van der Waals surface area (Å²) >= 11 is 3.46. The average molecular weight is 537 g/mol. The number of amides is 2. The number of carbonyl (C=O) groups is 2. The molecular weight excluding hydrogens is 504 g/mol. The van der Waals surface area contributed by atoms with Crippen molar-refractivity contribution < 1.29 is 14.3 Å². The predicted molar refractivity (Wildman–Crippen MR) is 143 cm³/mol. The first kappa shape index (κ1) is 26.5. The van der Waals surface area contributed by atoms with Crippen LogP contribution < -0.4 is 10.1 Å². The molecular formula is C29H33BrN2O3. The Bertz CT molecular complexity index is 1130. The average Bonchev–Trinajstić information content (AvgIpc) is 2.82. The van der Waals surface area contributed by atoms with E-state index in [-0.39, 0.29) is 24.5 Å². The molecule has 5 nitrogen and oxygen atoms in total. The van der Waals surface area contributed by atoms with Gasteiger partial charge in [0.2, 0.25) is 5.91 Å². The number of nitrogens with zero attached hydrogens (tertiary/aromatic N) is 1. The summed E-state index contributed by atoms with van der Waals surface area (Å²) in [6.45, 7) is 7.96. The third-order valence-corrected chi connectivity index (χ3v) is 6.18. The Labute approximate surface area is 216 Å². The summed E-state index contributed by atoms with van der Waals surface area (Å²) in [5.74, 6) is 0.243. The summed E-state index contributed by atoms with van der Waals surface area (Å²) in [4.78, 5) is 28.6. The molecule has 1 N–H and O–H groups in total. The van der Waals surface area contributed by atoms with Crippen LogP contribution in [0.5, 0.6) is 5.75 Å². The van der Waals surface area contributed by atoms with Crippen LogP contribution in [0.25, 0.3) is 0 Å². The molecule has 0 fully saturated rings. The van der Waals surface area contributed by atoms with Gasteiger partial charge in [0.15, 0.2) is 6.61 Å². The standard InChI is InChI=1S/C29H33BrN2O3/c1-20(2)31-29(34)26(17-23-8-6-5-7-9-23)32(18-24-11-13-25(30)14-12-24)28(33)19-35-27-15-10-21(3)16-22(27)4/h5-16,20,26H,17-19H2,1-4H3,(H,31,34)/t26-/m0/s1. The van der Waals surface area contributed by atoms with Gasteiger partial charge in [-0.15, -0.1) is 0 Å². The zero-order valence-corrected chi connectivity index (χ0v) is 22.3. The van der Waals surface area contributed by atoms with Gasteiger partial charge in [-0.05, 0) is 62.6 Å². The van der Waals surface area contributed by atoms with Gasteiger partial charge in [0.25, 0.3) is 5.91 Å². The van der Waals surface area contributed by atoms with Crippen molar-refractivity contribution in [3.63, 3.8) is 0 Å². The largest absolute Gasteiger partial charge is 0.483 e. The lowest BCUT2D eigenvalue weighted by molar-refractivity contribution is -0.143. The predicted octanol–water partition coefficient (Wildman–Crippen LogP) is 5.61. The maximum absolute atomic E-state index is 13.6. The van der Waals surface area contributed by atoms with E-state index in [4.69, 9.17) is 4.74 Å². The second kappa shape index (κ2) is 12.5. The van der Waals surface area contributed by atoms with Crippen molar-refractivity contribution in [3.05, 3.63) is 99.5 Å². The quantitative estimate of drug-likeness (QED) is 0.366. The molecule has 3 aromatic rings. The summed E-state index contributed by atoms with van der Waals surface area (Å²) in [6, 6.07) is 22.7. The van der Waals surface area contributed by atoms with Crippen molar-refractivity contribution >= 4 is 27.7 Å². The Hall–Kier alpha value is -3.12. The molecule has 6 heteroatoms. The molecule has 35 heavy (non-hydrogen) atoms. The van der Waals surface area contributed by atoms with Crippen LogP contribution in [0.3, 0.4) is 0 Å². The van der Waals surface area contributed by atoms with E-state index in [1.807, 2.05) is 100 Å². The number of rotatable bonds is 10. The first-order valence-corrected chi connectivity index (χ1v) is 12.6. The third kappa shape index (κ3) is 7.96. The fourth-order valence-electron chi connectivity index (χ4n) is 3.90. The minimum absolute atomic E-state index is 0.0446. The zero-order valence-electron chi connectivity index (χ0n) is 20.8. The Kier molecular flexibility index (Phi) is 9.49. The lowest BCUT2D eigenvalue weighted by Crippen LogP contribution is -2.52. The van der Waals surface area contributed by atoms with Crippen molar-refractivity contribution in [1.82, 2.24) is 10.2 Å². The van der Waals surface area contributed by atoms with E-state index in [0.29, 0.717) is 18.7 Å². The highest BCUT2D eigenvalue weighted by atomic mass is 79.9. The molecule has 0 aliphatic carbocycles. The van der Waals surface area contributed by atoms with E-state index in [2.05, 4.69) is 21.2 Å². The molecule has 0 radical (unpaired) electrons. The summed E-state index contributed by atoms with van der Waals surface area (Å²) in [6.07, 6.45) is 0.408. The molecule has 3 rings (SSSR count). The topological polar surface area (TPSA) is 58.6 Å². The van der Waals surface area contributed by atoms with Gasteiger partial charge in [0.1, 0.15) is 11.8 Å². The minimum atomic E-state index is -0.682. The van der Waals surface area contributed by atoms with Crippen LogP contribution in [0.4, 0.5) is 0 Å². The SMILES string of the molecule is Cc1ccc(OCC(=O)N(Cc2ccc(Br)cc2)[C@@H](Cc2ccccc2)C(=O)NC(C)C)c(C)c1. The number of carbonyl (C=O) groups excluding carboxylic acids is 2. The van der Waals surface area contributed by atoms with Crippen LogP contribution in [-0.2, 0) is 22.6 Å². The molecule has 0 aromatic heterocycles. The van der Waals surface area contributed by atoms with E-state index in [0.717, 1.165) is 26.7 Å². The van der Waals surface area contributed by atoms with Crippen molar-refractivity contribution in [1.29, 1.82) is 0 Å². The summed E-state index contributed by atoms with van der Waals surface area (Å²) in [7, 11) is 0. The molecule has 0 saturated carbocycles. The molecule has 0 saturated heterocycles. The zero-order chi connectivity index (χ0) is 25.4. The third-order valence-electron chi connectivity index (χ3n) is 5.65. The molecule has 3 aromatic carbocycles. The van der Waals surface area contributed by atoms with Crippen molar-refractivity contribution in [3.8, 4) is 5.75 Å². The molecule has 0 aliphatic rings. The van der Waals surface area contributed by atoms with Gasteiger partial charge in [-0.25, -0.2) is 0 Å². The van der Waals surface area contributed by atoms with Crippen LogP contribution in [0.2, 0.25) is 0 Å². The van der Waals surface area contributed by atoms with E-state index in [1.165, 1.54) is 0 Å². The van der Waals surface area contributed by atoms with Crippen LogP contribution >= 0.6 is 15.9 Å². The number of benzene rings is 3. The van der Waals surface area contributed by atoms with Gasteiger partial charge in [-0.3, -0.25) is 9.59 Å². The molecule has 0 spiro atoms. The minimum Gasteiger partial charge on any atom is -0.483 e. The second-order valence-electron chi connectivity index (χ2n) is 9.07. The van der Waals surface area contributed by atoms with Gasteiger partial charge in [-0.1, -0.05) is 76.1 Å². The fourth-order valence-corrected chi connectivity index (χ4v) is 4.17. The van der Waals surface area contributed by atoms with Crippen LogP contribution in [-0.4, -0.2) is 35.4 Å². The van der Waals surface area contributed by atoms with Crippen molar-refractivity contribution in [2.45, 2.75) is 52.7 Å². The Morgan fingerprint density at radius 3 is 2.26 bits per heavy atom. The van der Waals surface area contributed by atoms with Crippen LogP contribution in [0.15, 0.2) is 77.3 Å². The van der Waals surface area contributed by atoms with Gasteiger partial charge in [0, 0.05) is 23.5 Å². The van der Waals surface area contributed by atoms with Crippen molar-refractivity contribution in [2.75, 3.05) is 6.61 Å². The number of hydrogen-bond acceptors (Lipinski definition) is 3. The number of halogens is 1. The second-order valence-corrected chi connectivity index (χ2v) is 9.99. The molecule has 0 heterocycles. The molecule has 0 aliphatic heterocycles. The fraction of sp³-hybridized carbons (Fsp3) is 0.310. The normalized spacial score (nSPS) is 11.7. The highest BCUT2D eigenvalue weighted by Crippen LogP contribution is 2.21. The Morgan fingerprint density at radius 1 is 0.943 bits per heavy atom. The van der Waals surface area contributed by atoms with E-state index < -0.39 is 6.04 Å². The highest BCUT2D eigenvalue weighted by molar-refractivity contribution is 9.10.